The minimum atomic E-state index is 0.634. The van der Waals surface area contributed by atoms with Crippen LogP contribution in [0.25, 0.3) is 100 Å². The summed E-state index contributed by atoms with van der Waals surface area (Å²) in [5, 5.41) is 4.86. The Labute approximate surface area is 323 Å². The second kappa shape index (κ2) is 13.0. The van der Waals surface area contributed by atoms with Crippen LogP contribution in [-0.4, -0.2) is 24.1 Å². The zero-order valence-corrected chi connectivity index (χ0v) is 30.3. The molecule has 11 rings (SSSR count). The van der Waals surface area contributed by atoms with E-state index in [-0.39, 0.29) is 0 Å². The first-order valence-corrected chi connectivity index (χ1v) is 18.9. The fourth-order valence-corrected chi connectivity index (χ4v) is 8.25. The van der Waals surface area contributed by atoms with E-state index in [4.69, 9.17) is 15.0 Å². The summed E-state index contributed by atoms with van der Waals surface area (Å²) in [5.41, 5.74) is 12.0. The molecule has 3 aromatic heterocycles. The average Bonchev–Trinajstić information content (AvgIpc) is 3.80. The number of nitrogens with zero attached hydrogens (tertiary/aromatic N) is 5. The van der Waals surface area contributed by atoms with Gasteiger partial charge in [0.15, 0.2) is 17.5 Å². The summed E-state index contributed by atoms with van der Waals surface area (Å²) in [7, 11) is 0. The molecule has 0 atom stereocenters. The van der Waals surface area contributed by atoms with E-state index in [0.29, 0.717) is 17.5 Å². The standard InChI is InChI=1S/C51H33N5/c1-5-17-35(18-6-1)49-52-50(36-19-7-2-8-20-36)54-51(53-49)37-31-29-34(30-32-37)42-33-43-40-25-13-15-27-44(40)55(38-21-9-3-10-22-38)48(43)46-41-26-14-16-28-45(41)56(47(42)46)39-23-11-4-12-24-39/h1-33H. The fourth-order valence-electron chi connectivity index (χ4n) is 8.25. The first-order chi connectivity index (χ1) is 27.8. The molecule has 5 nitrogen and oxygen atoms in total. The number of fused-ring (bicyclic) bond motifs is 7. The molecule has 11 aromatic rings. The highest BCUT2D eigenvalue weighted by atomic mass is 15.0. The van der Waals surface area contributed by atoms with Crippen LogP contribution < -0.4 is 0 Å². The molecule has 0 saturated carbocycles. The van der Waals surface area contributed by atoms with Crippen molar-refractivity contribution < 1.29 is 0 Å². The lowest BCUT2D eigenvalue weighted by Crippen LogP contribution is -2.00. The minimum absolute atomic E-state index is 0.634. The maximum Gasteiger partial charge on any atom is 0.164 e. The maximum atomic E-state index is 5.01. The van der Waals surface area contributed by atoms with Crippen LogP contribution in [-0.2, 0) is 0 Å². The Morgan fingerprint density at radius 3 is 1.23 bits per heavy atom. The molecule has 0 aliphatic carbocycles. The van der Waals surface area contributed by atoms with E-state index < -0.39 is 0 Å². The molecule has 8 aromatic carbocycles. The van der Waals surface area contributed by atoms with Crippen molar-refractivity contribution in [1.82, 2.24) is 24.1 Å². The Hall–Kier alpha value is -7.63. The lowest BCUT2D eigenvalue weighted by atomic mass is 9.97. The third-order valence-corrected chi connectivity index (χ3v) is 10.8. The Morgan fingerprint density at radius 2 is 0.696 bits per heavy atom. The Morgan fingerprint density at radius 1 is 0.304 bits per heavy atom. The molecule has 0 bridgehead atoms. The van der Waals surface area contributed by atoms with Crippen molar-refractivity contribution in [1.29, 1.82) is 0 Å². The van der Waals surface area contributed by atoms with E-state index in [2.05, 4.69) is 149 Å². The van der Waals surface area contributed by atoms with Crippen molar-refractivity contribution in [3.05, 3.63) is 200 Å². The lowest BCUT2D eigenvalue weighted by molar-refractivity contribution is 1.07. The summed E-state index contributed by atoms with van der Waals surface area (Å²) in [4.78, 5) is 14.9. The van der Waals surface area contributed by atoms with Crippen LogP contribution in [0.4, 0.5) is 0 Å². The maximum absolute atomic E-state index is 5.01. The number of aromatic nitrogens is 5. The summed E-state index contributed by atoms with van der Waals surface area (Å²) < 4.78 is 4.88. The van der Waals surface area contributed by atoms with Gasteiger partial charge >= 0.3 is 0 Å². The summed E-state index contributed by atoms with van der Waals surface area (Å²) >= 11 is 0. The molecule has 0 saturated heterocycles. The SMILES string of the molecule is c1ccc(-c2nc(-c3ccccc3)nc(-c3ccc(-c4cc5c6ccccc6n(-c6ccccc6)c5c5c6ccccc6n(-c6ccccc6)c45)cc3)n2)cc1. The number of rotatable bonds is 6. The van der Waals surface area contributed by atoms with Gasteiger partial charge in [-0.3, -0.25) is 0 Å². The molecule has 0 spiro atoms. The summed E-state index contributed by atoms with van der Waals surface area (Å²) in [5.74, 6) is 1.93. The molecule has 5 heteroatoms. The predicted molar refractivity (Wildman–Crippen MR) is 230 cm³/mol. The van der Waals surface area contributed by atoms with Gasteiger partial charge in [0.25, 0.3) is 0 Å². The summed E-state index contributed by atoms with van der Waals surface area (Å²) in [6, 6.07) is 70.4. The van der Waals surface area contributed by atoms with Gasteiger partial charge in [0.1, 0.15) is 0 Å². The normalized spacial score (nSPS) is 11.6. The number of para-hydroxylation sites is 4. The number of benzene rings is 8. The van der Waals surface area contributed by atoms with E-state index >= 15 is 0 Å². The van der Waals surface area contributed by atoms with Gasteiger partial charge in [-0.15, -0.1) is 0 Å². The van der Waals surface area contributed by atoms with E-state index in [1.807, 2.05) is 60.7 Å². The highest BCUT2D eigenvalue weighted by Crippen LogP contribution is 2.46. The highest BCUT2D eigenvalue weighted by Gasteiger charge is 2.24. The van der Waals surface area contributed by atoms with Crippen molar-refractivity contribution in [2.45, 2.75) is 0 Å². The first-order valence-electron chi connectivity index (χ1n) is 18.9. The van der Waals surface area contributed by atoms with Crippen LogP contribution in [0.15, 0.2) is 200 Å². The van der Waals surface area contributed by atoms with Crippen molar-refractivity contribution >= 4 is 43.6 Å². The second-order valence-corrected chi connectivity index (χ2v) is 14.0. The summed E-state index contributed by atoms with van der Waals surface area (Å²) in [6.07, 6.45) is 0. The van der Waals surface area contributed by atoms with Crippen molar-refractivity contribution in [2.24, 2.45) is 0 Å². The largest absolute Gasteiger partial charge is 0.309 e. The van der Waals surface area contributed by atoms with Gasteiger partial charge in [0.05, 0.1) is 22.1 Å². The molecule has 0 radical (unpaired) electrons. The third-order valence-electron chi connectivity index (χ3n) is 10.8. The van der Waals surface area contributed by atoms with Crippen LogP contribution in [0.1, 0.15) is 0 Å². The van der Waals surface area contributed by atoms with E-state index in [9.17, 15) is 0 Å². The monoisotopic (exact) mass is 715 g/mol. The average molecular weight is 716 g/mol. The van der Waals surface area contributed by atoms with Gasteiger partial charge in [0.2, 0.25) is 0 Å². The first kappa shape index (κ1) is 31.9. The molecule has 0 aliphatic rings. The van der Waals surface area contributed by atoms with Gasteiger partial charge < -0.3 is 9.13 Å². The van der Waals surface area contributed by atoms with Crippen molar-refractivity contribution in [3.8, 4) is 56.7 Å². The van der Waals surface area contributed by atoms with Gasteiger partial charge in [-0.05, 0) is 48.0 Å². The molecule has 0 unspecified atom stereocenters. The van der Waals surface area contributed by atoms with Gasteiger partial charge in [-0.1, -0.05) is 158 Å². The van der Waals surface area contributed by atoms with Crippen LogP contribution in [0, 0.1) is 0 Å². The lowest BCUT2D eigenvalue weighted by Gasteiger charge is -2.14. The molecular formula is C51H33N5. The van der Waals surface area contributed by atoms with Gasteiger partial charge in [-0.25, -0.2) is 15.0 Å². The molecule has 3 heterocycles. The van der Waals surface area contributed by atoms with Gasteiger partial charge in [-0.2, -0.15) is 0 Å². The minimum Gasteiger partial charge on any atom is -0.309 e. The zero-order valence-electron chi connectivity index (χ0n) is 30.3. The van der Waals surface area contributed by atoms with E-state index in [1.165, 1.54) is 32.6 Å². The zero-order chi connectivity index (χ0) is 37.0. The molecule has 0 aliphatic heterocycles. The topological polar surface area (TPSA) is 48.5 Å². The predicted octanol–water partition coefficient (Wildman–Crippen LogP) is 12.7. The van der Waals surface area contributed by atoms with Crippen molar-refractivity contribution in [2.75, 3.05) is 0 Å². The summed E-state index contributed by atoms with van der Waals surface area (Å²) in [6.45, 7) is 0. The van der Waals surface area contributed by atoms with Crippen LogP contribution in [0.3, 0.4) is 0 Å². The highest BCUT2D eigenvalue weighted by molar-refractivity contribution is 6.29. The molecule has 0 fully saturated rings. The molecule has 0 amide bonds. The molecule has 56 heavy (non-hydrogen) atoms. The third kappa shape index (κ3) is 5.13. The number of hydrogen-bond acceptors (Lipinski definition) is 3. The molecule has 262 valence electrons. The fraction of sp³-hybridized carbons (Fsp3) is 0. The van der Waals surface area contributed by atoms with Crippen molar-refractivity contribution in [3.63, 3.8) is 0 Å². The quantitative estimate of drug-likeness (QED) is 0.172. The van der Waals surface area contributed by atoms with Crippen LogP contribution >= 0.6 is 0 Å². The smallest absolute Gasteiger partial charge is 0.164 e. The van der Waals surface area contributed by atoms with E-state index in [0.717, 1.165) is 50.2 Å². The molecular weight excluding hydrogens is 683 g/mol. The number of hydrogen-bond donors (Lipinski definition) is 0. The Kier molecular flexibility index (Phi) is 7.42. The van der Waals surface area contributed by atoms with E-state index in [1.54, 1.807) is 0 Å². The van der Waals surface area contributed by atoms with Crippen LogP contribution in [0.5, 0.6) is 0 Å². The van der Waals surface area contributed by atoms with Gasteiger partial charge in [0, 0.05) is 55.2 Å². The molecule has 0 N–H and O–H groups in total. The van der Waals surface area contributed by atoms with Crippen LogP contribution in [0.2, 0.25) is 0 Å². The second-order valence-electron chi connectivity index (χ2n) is 14.0. The Balaban J connectivity index is 1.19. The Bertz CT molecular complexity index is 3150.